The van der Waals surface area contributed by atoms with E-state index in [4.69, 9.17) is 0 Å². The Labute approximate surface area is 119 Å². The number of fused-ring (bicyclic) bond motifs is 1. The third-order valence-corrected chi connectivity index (χ3v) is 4.17. The van der Waals surface area contributed by atoms with Gasteiger partial charge in [-0.3, -0.25) is 0 Å². The SMILES string of the molecule is Cn1cc(CCCN2CCNCC2)c2ccc(F)cc21. The van der Waals surface area contributed by atoms with Gasteiger partial charge in [0.1, 0.15) is 5.82 Å². The van der Waals surface area contributed by atoms with Crippen molar-refractivity contribution in [2.45, 2.75) is 12.8 Å². The number of rotatable bonds is 4. The lowest BCUT2D eigenvalue weighted by Crippen LogP contribution is -2.43. The molecule has 1 aliphatic rings. The summed E-state index contributed by atoms with van der Waals surface area (Å²) in [6.45, 7) is 5.67. The molecule has 1 saturated heterocycles. The highest BCUT2D eigenvalue weighted by Crippen LogP contribution is 2.22. The molecule has 3 rings (SSSR count). The van der Waals surface area contributed by atoms with Crippen LogP contribution in [0.1, 0.15) is 12.0 Å². The molecule has 1 aliphatic heterocycles. The number of halogens is 1. The molecule has 0 atom stereocenters. The van der Waals surface area contributed by atoms with E-state index in [0.717, 1.165) is 51.1 Å². The summed E-state index contributed by atoms with van der Waals surface area (Å²) in [5.74, 6) is -0.161. The van der Waals surface area contributed by atoms with E-state index < -0.39 is 0 Å². The zero-order chi connectivity index (χ0) is 13.9. The first kappa shape index (κ1) is 13.6. The first-order chi connectivity index (χ1) is 9.74. The molecule has 0 spiro atoms. The summed E-state index contributed by atoms with van der Waals surface area (Å²) < 4.78 is 15.3. The second-order valence-electron chi connectivity index (χ2n) is 5.62. The molecule has 1 aromatic heterocycles. The zero-order valence-electron chi connectivity index (χ0n) is 12.0. The molecule has 0 radical (unpaired) electrons. The van der Waals surface area contributed by atoms with E-state index in [1.807, 2.05) is 17.7 Å². The van der Waals surface area contributed by atoms with Crippen LogP contribution in [0.25, 0.3) is 10.9 Å². The maximum absolute atomic E-state index is 13.3. The maximum atomic E-state index is 13.3. The summed E-state index contributed by atoms with van der Waals surface area (Å²) in [5, 5.41) is 4.56. The number of aryl methyl sites for hydroxylation is 2. The van der Waals surface area contributed by atoms with Gasteiger partial charge in [-0.05, 0) is 43.1 Å². The van der Waals surface area contributed by atoms with Crippen molar-refractivity contribution >= 4 is 10.9 Å². The summed E-state index contributed by atoms with van der Waals surface area (Å²) in [6.07, 6.45) is 4.37. The molecule has 0 aliphatic carbocycles. The van der Waals surface area contributed by atoms with Crippen LogP contribution in [0.2, 0.25) is 0 Å². The van der Waals surface area contributed by atoms with E-state index >= 15 is 0 Å². The fraction of sp³-hybridized carbons (Fsp3) is 0.500. The molecule has 0 bridgehead atoms. The minimum atomic E-state index is -0.161. The summed E-state index contributed by atoms with van der Waals surface area (Å²) in [4.78, 5) is 2.52. The van der Waals surface area contributed by atoms with Gasteiger partial charge < -0.3 is 14.8 Å². The van der Waals surface area contributed by atoms with Crippen molar-refractivity contribution in [3.8, 4) is 0 Å². The minimum Gasteiger partial charge on any atom is -0.350 e. The largest absolute Gasteiger partial charge is 0.350 e. The molecular weight excluding hydrogens is 253 g/mol. The van der Waals surface area contributed by atoms with E-state index in [1.165, 1.54) is 10.9 Å². The molecule has 2 heterocycles. The van der Waals surface area contributed by atoms with E-state index in [9.17, 15) is 4.39 Å². The highest BCUT2D eigenvalue weighted by molar-refractivity contribution is 5.84. The lowest BCUT2D eigenvalue weighted by molar-refractivity contribution is 0.238. The quantitative estimate of drug-likeness (QED) is 0.922. The predicted octanol–water partition coefficient (Wildman–Crippen LogP) is 2.16. The smallest absolute Gasteiger partial charge is 0.125 e. The first-order valence-corrected chi connectivity index (χ1v) is 7.40. The third-order valence-electron chi connectivity index (χ3n) is 4.17. The second-order valence-corrected chi connectivity index (χ2v) is 5.62. The molecule has 0 saturated carbocycles. The Morgan fingerprint density at radius 1 is 1.25 bits per heavy atom. The summed E-state index contributed by atoms with van der Waals surface area (Å²) in [5.41, 5.74) is 2.32. The number of aromatic nitrogens is 1. The number of piperazine rings is 1. The molecule has 3 nitrogen and oxygen atoms in total. The molecule has 108 valence electrons. The van der Waals surface area contributed by atoms with Gasteiger partial charge in [-0.2, -0.15) is 0 Å². The monoisotopic (exact) mass is 275 g/mol. The van der Waals surface area contributed by atoms with Gasteiger partial charge >= 0.3 is 0 Å². The molecule has 20 heavy (non-hydrogen) atoms. The van der Waals surface area contributed by atoms with Crippen molar-refractivity contribution in [2.75, 3.05) is 32.7 Å². The van der Waals surface area contributed by atoms with Crippen molar-refractivity contribution in [1.82, 2.24) is 14.8 Å². The molecular formula is C16H22FN3. The number of nitrogens with one attached hydrogen (secondary N) is 1. The molecule has 1 fully saturated rings. The second kappa shape index (κ2) is 5.94. The Hall–Kier alpha value is -1.39. The van der Waals surface area contributed by atoms with Crippen molar-refractivity contribution in [1.29, 1.82) is 0 Å². The van der Waals surface area contributed by atoms with Gasteiger partial charge in [0.15, 0.2) is 0 Å². The van der Waals surface area contributed by atoms with Gasteiger partial charge in [-0.15, -0.1) is 0 Å². The van der Waals surface area contributed by atoms with Gasteiger partial charge in [0.25, 0.3) is 0 Å². The van der Waals surface area contributed by atoms with Crippen molar-refractivity contribution in [3.63, 3.8) is 0 Å². The van der Waals surface area contributed by atoms with Crippen LogP contribution in [-0.4, -0.2) is 42.2 Å². The Balaban J connectivity index is 1.65. The molecule has 2 aromatic rings. The van der Waals surface area contributed by atoms with Crippen molar-refractivity contribution in [2.24, 2.45) is 7.05 Å². The lowest BCUT2D eigenvalue weighted by atomic mass is 10.1. The van der Waals surface area contributed by atoms with Gasteiger partial charge in [0, 0.05) is 44.8 Å². The topological polar surface area (TPSA) is 20.2 Å². The zero-order valence-corrected chi connectivity index (χ0v) is 12.0. The Kier molecular flexibility index (Phi) is 4.03. The van der Waals surface area contributed by atoms with Gasteiger partial charge in [-0.1, -0.05) is 0 Å². The molecule has 4 heteroatoms. The predicted molar refractivity (Wildman–Crippen MR) is 80.5 cm³/mol. The van der Waals surface area contributed by atoms with Crippen LogP contribution in [0.4, 0.5) is 4.39 Å². The van der Waals surface area contributed by atoms with Crippen LogP contribution in [0.15, 0.2) is 24.4 Å². The van der Waals surface area contributed by atoms with E-state index in [-0.39, 0.29) is 5.82 Å². The van der Waals surface area contributed by atoms with Crippen molar-refractivity contribution in [3.05, 3.63) is 35.8 Å². The van der Waals surface area contributed by atoms with Gasteiger partial charge in [0.2, 0.25) is 0 Å². The van der Waals surface area contributed by atoms with Crippen LogP contribution in [0.3, 0.4) is 0 Å². The standard InChI is InChI=1S/C16H22FN3/c1-19-12-13(15-5-4-14(17)11-16(15)19)3-2-8-20-9-6-18-7-10-20/h4-5,11-12,18H,2-3,6-10H2,1H3. The Morgan fingerprint density at radius 2 is 2.05 bits per heavy atom. The normalized spacial score (nSPS) is 16.9. The van der Waals surface area contributed by atoms with Crippen LogP contribution >= 0.6 is 0 Å². The van der Waals surface area contributed by atoms with Crippen LogP contribution in [0.5, 0.6) is 0 Å². The van der Waals surface area contributed by atoms with Gasteiger partial charge in [0.05, 0.1) is 5.52 Å². The molecule has 0 amide bonds. The lowest BCUT2D eigenvalue weighted by Gasteiger charge is -2.26. The fourth-order valence-electron chi connectivity index (χ4n) is 3.07. The summed E-state index contributed by atoms with van der Waals surface area (Å²) >= 11 is 0. The Bertz CT molecular complexity index is 585. The molecule has 0 unspecified atom stereocenters. The average Bonchev–Trinajstić information content (AvgIpc) is 2.76. The summed E-state index contributed by atoms with van der Waals surface area (Å²) in [7, 11) is 1.99. The number of hydrogen-bond donors (Lipinski definition) is 1. The highest BCUT2D eigenvalue weighted by atomic mass is 19.1. The highest BCUT2D eigenvalue weighted by Gasteiger charge is 2.11. The maximum Gasteiger partial charge on any atom is 0.125 e. The van der Waals surface area contributed by atoms with Crippen molar-refractivity contribution < 1.29 is 4.39 Å². The van der Waals surface area contributed by atoms with Crippen LogP contribution < -0.4 is 5.32 Å². The Morgan fingerprint density at radius 3 is 2.85 bits per heavy atom. The fourth-order valence-corrected chi connectivity index (χ4v) is 3.07. The minimum absolute atomic E-state index is 0.161. The van der Waals surface area contributed by atoms with Gasteiger partial charge in [-0.25, -0.2) is 4.39 Å². The number of benzene rings is 1. The van der Waals surface area contributed by atoms with Crippen LogP contribution in [-0.2, 0) is 13.5 Å². The molecule has 1 N–H and O–H groups in total. The third kappa shape index (κ3) is 2.86. The average molecular weight is 275 g/mol. The van der Waals surface area contributed by atoms with E-state index in [1.54, 1.807) is 12.1 Å². The van der Waals surface area contributed by atoms with E-state index in [0.29, 0.717) is 0 Å². The first-order valence-electron chi connectivity index (χ1n) is 7.40. The van der Waals surface area contributed by atoms with E-state index in [2.05, 4.69) is 16.4 Å². The number of nitrogens with zero attached hydrogens (tertiary/aromatic N) is 2. The molecule has 1 aromatic carbocycles. The van der Waals surface area contributed by atoms with Crippen LogP contribution in [0, 0.1) is 5.82 Å². The summed E-state index contributed by atoms with van der Waals surface area (Å²) in [6, 6.07) is 5.09. The number of hydrogen-bond acceptors (Lipinski definition) is 2.